The summed E-state index contributed by atoms with van der Waals surface area (Å²) in [6.07, 6.45) is 63.8. The van der Waals surface area contributed by atoms with Crippen molar-refractivity contribution in [3.8, 4) is 0 Å². The molecule has 0 aromatic heterocycles. The van der Waals surface area contributed by atoms with Crippen LogP contribution < -0.4 is 0 Å². The van der Waals surface area contributed by atoms with Gasteiger partial charge in [0.1, 0.15) is 0 Å². The third-order valence-electron chi connectivity index (χ3n) is 24.7. The highest BCUT2D eigenvalue weighted by atomic mass is 14.5. The van der Waals surface area contributed by atoms with Gasteiger partial charge in [-0.2, -0.15) is 0 Å². The maximum Gasteiger partial charge on any atom is -0.0386 e. The molecule has 62 heavy (non-hydrogen) atoms. The summed E-state index contributed by atoms with van der Waals surface area (Å²) in [4.78, 5) is 0. The molecule has 0 amide bonds. The summed E-state index contributed by atoms with van der Waals surface area (Å²) in [5.41, 5.74) is 0. The minimum absolute atomic E-state index is 1.01. The van der Waals surface area contributed by atoms with Crippen LogP contribution in [0.5, 0.6) is 0 Å². The van der Waals surface area contributed by atoms with Crippen molar-refractivity contribution in [2.75, 3.05) is 0 Å². The zero-order valence-electron chi connectivity index (χ0n) is 41.8. The second kappa shape index (κ2) is 22.0. The van der Waals surface area contributed by atoms with Gasteiger partial charge in [-0.05, 0) is 350 Å². The maximum atomic E-state index is 2.50. The van der Waals surface area contributed by atoms with Gasteiger partial charge in [-0.1, -0.05) is 39.5 Å². The van der Waals surface area contributed by atoms with Crippen molar-refractivity contribution in [3.63, 3.8) is 0 Å². The molecule has 0 saturated heterocycles. The Morgan fingerprint density at radius 2 is 0.177 bits per heavy atom. The Hall–Kier alpha value is 0. The largest absolute Gasteiger partial charge is 0.0625 e. The molecule has 0 atom stereocenters. The van der Waals surface area contributed by atoms with E-state index in [1.165, 1.54) is 25.7 Å². The first kappa shape index (κ1) is 45.8. The minimum atomic E-state index is 1.01. The first-order valence-corrected chi connectivity index (χ1v) is 30.5. The third kappa shape index (κ3) is 11.3. The molecule has 0 N–H and O–H groups in total. The van der Waals surface area contributed by atoms with Crippen molar-refractivity contribution < 1.29 is 0 Å². The lowest BCUT2D eigenvalue weighted by atomic mass is 9.60. The standard InChI is InChI=1S/C62H106/c1-43-3-7-45(8-4-43)47-11-15-49(16-12-47)51-19-23-53(24-20-51)55-27-31-57(32-28-55)59-35-39-61(40-36-59)62-41-37-60(38-42-62)58-33-29-56(30-34-58)54-25-21-52(22-26-54)50-17-13-48(14-18-50)46-9-5-44(2)6-10-46/h43-62H,3-42H2,1-2H3. The quantitative estimate of drug-likeness (QED) is 0.217. The summed E-state index contributed by atoms with van der Waals surface area (Å²) in [6, 6.07) is 0. The molecular formula is C62H106. The lowest BCUT2D eigenvalue weighted by Crippen LogP contribution is -2.34. The SMILES string of the molecule is CC1CCC(C2CCC(C3CCC(C4CCC(C5CCC(C6CCC(C7CCC(C8CCC(C9CCC(C%10CCC(C)CC%10)CC9)CC8)CC7)CC6)CC5)CC4)CC3)CC2)CC1. The smallest absolute Gasteiger partial charge is 0.0386 e. The van der Waals surface area contributed by atoms with Crippen molar-refractivity contribution >= 4 is 0 Å². The monoisotopic (exact) mass is 851 g/mol. The highest BCUT2D eigenvalue weighted by Crippen LogP contribution is 2.53. The fourth-order valence-electron chi connectivity index (χ4n) is 20.2. The van der Waals surface area contributed by atoms with E-state index < -0.39 is 0 Å². The van der Waals surface area contributed by atoms with Gasteiger partial charge in [0.15, 0.2) is 0 Å². The minimum Gasteiger partial charge on any atom is -0.0625 e. The van der Waals surface area contributed by atoms with Crippen LogP contribution in [0.2, 0.25) is 0 Å². The molecule has 10 aliphatic carbocycles. The first-order valence-electron chi connectivity index (χ1n) is 30.5. The highest BCUT2D eigenvalue weighted by Gasteiger charge is 2.41. The average Bonchev–Trinajstić information content (AvgIpc) is 3.35. The molecule has 0 aliphatic heterocycles. The molecule has 0 aromatic rings. The fourth-order valence-corrected chi connectivity index (χ4v) is 20.2. The van der Waals surface area contributed by atoms with Gasteiger partial charge >= 0.3 is 0 Å². The molecule has 10 rings (SSSR count). The van der Waals surface area contributed by atoms with E-state index in [4.69, 9.17) is 0 Å². The fraction of sp³-hybridized carbons (Fsp3) is 1.00. The third-order valence-corrected chi connectivity index (χ3v) is 24.7. The van der Waals surface area contributed by atoms with Crippen LogP contribution in [-0.4, -0.2) is 0 Å². The Balaban J connectivity index is 0.564. The Morgan fingerprint density at radius 1 is 0.113 bits per heavy atom. The molecule has 0 aromatic carbocycles. The van der Waals surface area contributed by atoms with Crippen LogP contribution in [0.15, 0.2) is 0 Å². The van der Waals surface area contributed by atoms with Gasteiger partial charge in [0, 0.05) is 0 Å². The summed E-state index contributed by atoms with van der Waals surface area (Å²) in [5, 5.41) is 0. The van der Waals surface area contributed by atoms with Crippen LogP contribution in [0.4, 0.5) is 0 Å². The van der Waals surface area contributed by atoms with E-state index in [0.717, 1.165) is 118 Å². The van der Waals surface area contributed by atoms with Crippen LogP contribution in [0, 0.1) is 118 Å². The molecule has 10 fully saturated rings. The highest BCUT2D eigenvalue weighted by molar-refractivity contribution is 4.93. The second-order valence-corrected chi connectivity index (χ2v) is 27.4. The lowest BCUT2D eigenvalue weighted by molar-refractivity contribution is 0.0611. The summed E-state index contributed by atoms with van der Waals surface area (Å²) in [7, 11) is 0. The van der Waals surface area contributed by atoms with E-state index in [2.05, 4.69) is 13.8 Å². The summed E-state index contributed by atoms with van der Waals surface area (Å²) in [6.45, 7) is 4.99. The number of rotatable bonds is 9. The molecule has 10 saturated carbocycles. The van der Waals surface area contributed by atoms with Gasteiger partial charge in [-0.3, -0.25) is 0 Å². The first-order chi connectivity index (χ1) is 30.5. The van der Waals surface area contributed by atoms with Gasteiger partial charge in [-0.25, -0.2) is 0 Å². The van der Waals surface area contributed by atoms with Crippen LogP contribution in [0.25, 0.3) is 0 Å². The lowest BCUT2D eigenvalue weighted by Gasteiger charge is -2.45. The van der Waals surface area contributed by atoms with Crippen molar-refractivity contribution in [3.05, 3.63) is 0 Å². The summed E-state index contributed by atoms with van der Waals surface area (Å²) >= 11 is 0. The van der Waals surface area contributed by atoms with Gasteiger partial charge in [-0.15, -0.1) is 0 Å². The topological polar surface area (TPSA) is 0 Å². The van der Waals surface area contributed by atoms with Gasteiger partial charge in [0.05, 0.1) is 0 Å². The molecule has 0 heteroatoms. The van der Waals surface area contributed by atoms with E-state index in [0.29, 0.717) is 0 Å². The van der Waals surface area contributed by atoms with Crippen LogP contribution in [0.1, 0.15) is 271 Å². The summed E-state index contributed by atoms with van der Waals surface area (Å²) < 4.78 is 0. The van der Waals surface area contributed by atoms with Gasteiger partial charge in [0.25, 0.3) is 0 Å². The molecule has 0 nitrogen and oxygen atoms in total. The van der Waals surface area contributed by atoms with Crippen LogP contribution in [0.3, 0.4) is 0 Å². The van der Waals surface area contributed by atoms with Crippen molar-refractivity contribution in [1.82, 2.24) is 0 Å². The Kier molecular flexibility index (Phi) is 16.2. The van der Waals surface area contributed by atoms with E-state index >= 15 is 0 Å². The predicted molar refractivity (Wildman–Crippen MR) is 266 cm³/mol. The Labute approximate surface area is 387 Å². The molecule has 0 unspecified atom stereocenters. The maximum absolute atomic E-state index is 2.50. The average molecular weight is 852 g/mol. The second-order valence-electron chi connectivity index (χ2n) is 27.4. The molecule has 10 aliphatic rings. The molecular weight excluding hydrogens is 745 g/mol. The zero-order chi connectivity index (χ0) is 41.8. The van der Waals surface area contributed by atoms with Crippen LogP contribution >= 0.6 is 0 Å². The zero-order valence-corrected chi connectivity index (χ0v) is 41.8. The van der Waals surface area contributed by atoms with Gasteiger partial charge in [0.2, 0.25) is 0 Å². The van der Waals surface area contributed by atoms with E-state index in [1.54, 1.807) is 231 Å². The Morgan fingerprint density at radius 3 is 0.258 bits per heavy atom. The molecule has 0 bridgehead atoms. The molecule has 354 valence electrons. The molecule has 0 radical (unpaired) electrons. The Bertz CT molecular complexity index is 1150. The van der Waals surface area contributed by atoms with Gasteiger partial charge < -0.3 is 0 Å². The van der Waals surface area contributed by atoms with E-state index in [1.807, 2.05) is 0 Å². The van der Waals surface area contributed by atoms with Crippen molar-refractivity contribution in [1.29, 1.82) is 0 Å². The van der Waals surface area contributed by atoms with Crippen LogP contribution in [-0.2, 0) is 0 Å². The van der Waals surface area contributed by atoms with E-state index in [9.17, 15) is 0 Å². The summed E-state index contributed by atoms with van der Waals surface area (Å²) in [5.74, 6) is 21.9. The predicted octanol–water partition coefficient (Wildman–Crippen LogP) is 19.1. The number of hydrogen-bond acceptors (Lipinski definition) is 0. The molecule has 0 spiro atoms. The van der Waals surface area contributed by atoms with Crippen molar-refractivity contribution in [2.45, 2.75) is 271 Å². The van der Waals surface area contributed by atoms with E-state index in [-0.39, 0.29) is 0 Å². The normalized spacial score (nSPS) is 50.4. The number of hydrogen-bond donors (Lipinski definition) is 0. The van der Waals surface area contributed by atoms with Crippen molar-refractivity contribution in [2.24, 2.45) is 118 Å². The molecule has 0 heterocycles.